The van der Waals surface area contributed by atoms with E-state index < -0.39 is 0 Å². The van der Waals surface area contributed by atoms with Gasteiger partial charge < -0.3 is 0 Å². The molecular formula is C2B9. The summed E-state index contributed by atoms with van der Waals surface area (Å²) in [4.78, 5) is 0. The zero-order valence-electron chi connectivity index (χ0n) is 6.20. The van der Waals surface area contributed by atoms with Gasteiger partial charge in [-0.1, -0.05) is 0 Å². The number of hydrogen-bond acceptors (Lipinski definition) is 0. The van der Waals surface area contributed by atoms with Crippen LogP contribution in [0.5, 0.6) is 0 Å². The summed E-state index contributed by atoms with van der Waals surface area (Å²) in [5.74, 6) is 0. The Hall–Kier alpha value is 0.584. The van der Waals surface area contributed by atoms with Crippen molar-refractivity contribution in [3.05, 3.63) is 11.4 Å². The molecule has 0 amide bonds. The smallest absolute Gasteiger partial charge is 0.0998 e. The summed E-state index contributed by atoms with van der Waals surface area (Å²) < 4.78 is 0. The van der Waals surface area contributed by atoms with Crippen LogP contribution in [0, 0.1) is 11.4 Å². The first-order chi connectivity index (χ1) is 5.47. The van der Waals surface area contributed by atoms with E-state index in [4.69, 9.17) is 0 Å². The summed E-state index contributed by atoms with van der Waals surface area (Å²) in [6, 6.07) is 0. The van der Waals surface area contributed by atoms with Gasteiger partial charge in [0.1, 0.15) is 0 Å². The lowest BCUT2D eigenvalue weighted by molar-refractivity contribution is 1.96. The molecule has 2 heterocycles. The normalized spacial score (nSPS) is 22.9. The molecule has 0 saturated carbocycles. The van der Waals surface area contributed by atoms with E-state index in [0.717, 1.165) is 0 Å². The van der Waals surface area contributed by atoms with Gasteiger partial charge in [0, 0.05) is 56.7 Å². The Morgan fingerprint density at radius 1 is 0.545 bits per heavy atom. The predicted molar refractivity (Wildman–Crippen MR) is 58.3 cm³/mol. The maximum atomic E-state index is 2.17. The minimum absolute atomic E-state index is 1.35. The Morgan fingerprint density at radius 2 is 1.00 bits per heavy atom. The van der Waals surface area contributed by atoms with Gasteiger partial charge in [0.2, 0.25) is 0 Å². The van der Waals surface area contributed by atoms with Crippen LogP contribution in [0.2, 0.25) is 0 Å². The minimum atomic E-state index is 1.35. The fourth-order valence-corrected chi connectivity index (χ4v) is 0.995. The first-order valence-corrected chi connectivity index (χ1v) is 3.74. The van der Waals surface area contributed by atoms with Crippen molar-refractivity contribution in [2.24, 2.45) is 0 Å². The van der Waals surface area contributed by atoms with Crippen molar-refractivity contribution in [1.82, 2.24) is 0 Å². The van der Waals surface area contributed by atoms with E-state index in [1.54, 1.807) is 0 Å². The molecule has 2 saturated heterocycles. The third-order valence-electron chi connectivity index (χ3n) is 1.67. The molecule has 9 heteroatoms. The summed E-state index contributed by atoms with van der Waals surface area (Å²) >= 11 is 0. The second kappa shape index (κ2) is 4.00. The van der Waals surface area contributed by atoms with Crippen LogP contribution >= 0.6 is 0 Å². The Balaban J connectivity index is 1.72. The number of hydrogen-bond donors (Lipinski definition) is 0. The Labute approximate surface area is 75.9 Å². The molecule has 0 aromatic carbocycles. The van der Waals surface area contributed by atoms with Crippen molar-refractivity contribution >= 4 is 64.0 Å². The van der Waals surface area contributed by atoms with Crippen LogP contribution in [0.15, 0.2) is 0 Å². The molecule has 0 atom stereocenters. The van der Waals surface area contributed by atoms with E-state index in [9.17, 15) is 0 Å². The molecule has 0 aliphatic carbocycles. The summed E-state index contributed by atoms with van der Waals surface area (Å²) in [6.45, 7) is 0. The molecular weight excluding hydrogens is 121 g/mol. The summed E-state index contributed by atoms with van der Waals surface area (Å²) in [7, 11) is 18.6. The minimum Gasteiger partial charge on any atom is -0.111 e. The van der Waals surface area contributed by atoms with Crippen LogP contribution in [0.4, 0.5) is 0 Å². The Kier molecular flexibility index (Phi) is 2.98. The molecule has 35 valence electrons. The molecule has 11 heavy (non-hydrogen) atoms. The quantitative estimate of drug-likeness (QED) is 0.295. The monoisotopic (exact) mass is 123 g/mol. The van der Waals surface area contributed by atoms with Crippen molar-refractivity contribution in [3.63, 3.8) is 0 Å². The van der Waals surface area contributed by atoms with Crippen molar-refractivity contribution in [3.8, 4) is 0 Å². The zero-order valence-corrected chi connectivity index (χ0v) is 6.20. The Morgan fingerprint density at radius 3 is 1.55 bits per heavy atom. The van der Waals surface area contributed by atoms with Crippen molar-refractivity contribution in [2.45, 2.75) is 0 Å². The van der Waals surface area contributed by atoms with E-state index in [-0.39, 0.29) is 0 Å². The lowest BCUT2D eigenvalue weighted by atomic mass is 8.90. The largest absolute Gasteiger partial charge is 0.111 e. The van der Waals surface area contributed by atoms with Gasteiger partial charge in [-0.15, -0.1) is 11.4 Å². The zero-order chi connectivity index (χ0) is 7.52. The first-order valence-electron chi connectivity index (χ1n) is 3.74. The molecule has 0 aromatic rings. The standard InChI is InChI=1S/C2B9/c3-1-2(3)5-7-9-11-10-8-6-4-1. The maximum Gasteiger partial charge on any atom is 0.0998 e. The molecule has 2 aliphatic rings. The number of rotatable bonds is 0. The van der Waals surface area contributed by atoms with Crippen LogP contribution in [0.1, 0.15) is 0 Å². The molecule has 0 spiro atoms. The van der Waals surface area contributed by atoms with Crippen LogP contribution in [0.25, 0.3) is 0 Å². The highest BCUT2D eigenvalue weighted by Gasteiger charge is 2.36. The molecule has 2 rings (SSSR count). The molecule has 11 radical (unpaired) electrons. The van der Waals surface area contributed by atoms with E-state index in [0.29, 0.717) is 0 Å². The summed E-state index contributed by atoms with van der Waals surface area (Å²) in [5, 5.41) is 0. The van der Waals surface area contributed by atoms with Crippen LogP contribution in [-0.2, 0) is 0 Å². The highest BCUT2D eigenvalue weighted by Crippen LogP contribution is 2.29. The third kappa shape index (κ3) is 2.52. The van der Waals surface area contributed by atoms with Crippen LogP contribution in [-0.4, -0.2) is 64.0 Å². The van der Waals surface area contributed by atoms with Crippen molar-refractivity contribution < 1.29 is 0 Å². The van der Waals surface area contributed by atoms with Gasteiger partial charge in [0.05, 0.1) is 7.28 Å². The lowest BCUT2D eigenvalue weighted by Crippen LogP contribution is -2.32. The Bertz CT molecular complexity index is 111. The molecule has 2 aliphatic heterocycles. The van der Waals surface area contributed by atoms with Gasteiger partial charge >= 0.3 is 0 Å². The molecule has 0 aromatic heterocycles. The first kappa shape index (κ1) is 8.19. The lowest BCUT2D eigenvalue weighted by Gasteiger charge is -2.01. The second-order valence-electron chi connectivity index (χ2n) is 2.54. The average Bonchev–Trinajstić information content (AvgIpc) is 2.76. The highest BCUT2D eigenvalue weighted by atomic mass is 14.0. The summed E-state index contributed by atoms with van der Waals surface area (Å²) in [5.41, 5.74) is 2.70. The van der Waals surface area contributed by atoms with Crippen LogP contribution in [0.3, 0.4) is 0 Å². The van der Waals surface area contributed by atoms with Gasteiger partial charge in [-0.05, 0) is 0 Å². The van der Waals surface area contributed by atoms with Crippen molar-refractivity contribution in [2.75, 3.05) is 0 Å². The van der Waals surface area contributed by atoms with E-state index in [1.807, 2.05) is 28.2 Å². The average molecular weight is 121 g/mol. The van der Waals surface area contributed by atoms with Gasteiger partial charge in [-0.25, -0.2) is 0 Å². The van der Waals surface area contributed by atoms with Crippen molar-refractivity contribution in [1.29, 1.82) is 0 Å². The van der Waals surface area contributed by atoms with Gasteiger partial charge in [0.25, 0.3) is 0 Å². The second-order valence-corrected chi connectivity index (χ2v) is 2.54. The predicted octanol–water partition coefficient (Wildman–Crippen LogP) is -3.26. The van der Waals surface area contributed by atoms with Gasteiger partial charge in [-0.3, -0.25) is 0 Å². The van der Waals surface area contributed by atoms with Crippen LogP contribution < -0.4 is 0 Å². The molecule has 0 bridgehead atoms. The highest BCUT2D eigenvalue weighted by molar-refractivity contribution is 7.67. The molecule has 0 unspecified atom stereocenters. The fourth-order valence-electron chi connectivity index (χ4n) is 0.995. The maximum absolute atomic E-state index is 2.17. The SMILES string of the molecule is [B]1[B][B][B][B][C]2[B][C]2[B][B][B]1. The third-order valence-corrected chi connectivity index (χ3v) is 1.67. The molecule has 0 N–H and O–H groups in total. The fraction of sp³-hybridized carbons (Fsp3) is 0. The molecule has 2 fully saturated rings. The molecule has 0 nitrogen and oxygen atoms in total. The number of fused-ring (bicyclic) bond motifs is 1. The van der Waals surface area contributed by atoms with E-state index >= 15 is 0 Å². The van der Waals surface area contributed by atoms with E-state index in [2.05, 4.69) is 35.7 Å². The topological polar surface area (TPSA) is 0 Å². The summed E-state index contributed by atoms with van der Waals surface area (Å²) in [6.07, 6.45) is 0. The van der Waals surface area contributed by atoms with Gasteiger partial charge in [0.15, 0.2) is 0 Å². The van der Waals surface area contributed by atoms with E-state index in [1.165, 1.54) is 11.4 Å². The van der Waals surface area contributed by atoms with Gasteiger partial charge in [-0.2, -0.15) is 0 Å².